The first-order chi connectivity index (χ1) is 10.2. The number of carbonyl (C=O) groups is 1. The summed E-state index contributed by atoms with van der Waals surface area (Å²) in [5.41, 5.74) is 0.484. The van der Waals surface area contributed by atoms with E-state index in [9.17, 15) is 9.70 Å². The molecule has 0 aliphatic rings. The van der Waals surface area contributed by atoms with Crippen molar-refractivity contribution in [3.05, 3.63) is 52.9 Å². The number of hydrogen-bond donors (Lipinski definition) is 0. The van der Waals surface area contributed by atoms with Gasteiger partial charge in [0.05, 0.1) is 14.2 Å². The van der Waals surface area contributed by atoms with Crippen LogP contribution >= 0.6 is 0 Å². The number of ether oxygens (including phenoxy) is 3. The van der Waals surface area contributed by atoms with Crippen molar-refractivity contribution in [1.82, 2.24) is 0 Å². The molecule has 2 aromatic rings. The topological polar surface area (TPSA) is 74.2 Å². The fourth-order valence-corrected chi connectivity index (χ4v) is 1.72. The van der Waals surface area contributed by atoms with E-state index in [2.05, 4.69) is 5.18 Å². The number of nitroso groups, excluding NO2 is 1. The first-order valence-electron chi connectivity index (χ1n) is 6.05. The monoisotopic (exact) mass is 287 g/mol. The molecule has 108 valence electrons. The molecular formula is C15H13NO5. The van der Waals surface area contributed by atoms with E-state index in [1.165, 1.54) is 20.3 Å². The summed E-state index contributed by atoms with van der Waals surface area (Å²) < 4.78 is 15.4. The Morgan fingerprint density at radius 1 is 1.05 bits per heavy atom. The average molecular weight is 287 g/mol. The second kappa shape index (κ2) is 6.51. The van der Waals surface area contributed by atoms with Crippen molar-refractivity contribution in [1.29, 1.82) is 0 Å². The molecule has 0 heterocycles. The van der Waals surface area contributed by atoms with Crippen LogP contribution in [-0.4, -0.2) is 20.2 Å². The minimum absolute atomic E-state index is 0.231. The quantitative estimate of drug-likeness (QED) is 0.619. The van der Waals surface area contributed by atoms with Gasteiger partial charge >= 0.3 is 5.97 Å². The van der Waals surface area contributed by atoms with Gasteiger partial charge in [-0.25, -0.2) is 4.79 Å². The SMILES string of the molecule is COC(=O)c1ccc(OC)cc1Oc1cccc(N=O)c1. The Morgan fingerprint density at radius 2 is 1.86 bits per heavy atom. The fraction of sp³-hybridized carbons (Fsp3) is 0.133. The summed E-state index contributed by atoms with van der Waals surface area (Å²) in [5.74, 6) is 0.648. The standard InChI is InChI=1S/C15H13NO5/c1-19-11-6-7-13(15(17)20-2)14(9-11)21-12-5-3-4-10(8-12)16-18/h3-9H,1-2H3. The summed E-state index contributed by atoms with van der Waals surface area (Å²) in [6, 6.07) is 11.0. The molecule has 0 radical (unpaired) electrons. The Hall–Kier alpha value is -2.89. The van der Waals surface area contributed by atoms with Crippen LogP contribution in [0.4, 0.5) is 5.69 Å². The molecular weight excluding hydrogens is 274 g/mol. The summed E-state index contributed by atoms with van der Waals surface area (Å²) in [7, 11) is 2.79. The van der Waals surface area contributed by atoms with Gasteiger partial charge in [0, 0.05) is 12.1 Å². The van der Waals surface area contributed by atoms with Crippen molar-refractivity contribution in [2.45, 2.75) is 0 Å². The number of rotatable bonds is 5. The van der Waals surface area contributed by atoms with Crippen LogP contribution in [0, 0.1) is 4.91 Å². The predicted molar refractivity (Wildman–Crippen MR) is 76.3 cm³/mol. The number of nitrogens with zero attached hydrogens (tertiary/aromatic N) is 1. The summed E-state index contributed by atoms with van der Waals surface area (Å²) in [6.07, 6.45) is 0. The molecule has 0 aliphatic heterocycles. The molecule has 0 N–H and O–H groups in total. The first-order valence-corrected chi connectivity index (χ1v) is 6.05. The third-order valence-electron chi connectivity index (χ3n) is 2.74. The lowest BCUT2D eigenvalue weighted by Gasteiger charge is -2.11. The van der Waals surface area contributed by atoms with Gasteiger partial charge in [-0.3, -0.25) is 0 Å². The summed E-state index contributed by atoms with van der Waals surface area (Å²) in [4.78, 5) is 22.3. The molecule has 21 heavy (non-hydrogen) atoms. The Kier molecular flexibility index (Phi) is 4.50. The minimum atomic E-state index is -0.530. The Labute approximate surface area is 121 Å². The van der Waals surface area contributed by atoms with E-state index in [-0.39, 0.29) is 17.0 Å². The smallest absolute Gasteiger partial charge is 0.341 e. The van der Waals surface area contributed by atoms with Crippen LogP contribution in [0.15, 0.2) is 47.6 Å². The predicted octanol–water partition coefficient (Wildman–Crippen LogP) is 3.67. The number of esters is 1. The molecule has 0 amide bonds. The maximum Gasteiger partial charge on any atom is 0.341 e. The highest BCUT2D eigenvalue weighted by Gasteiger charge is 2.15. The molecule has 0 unspecified atom stereocenters. The fourth-order valence-electron chi connectivity index (χ4n) is 1.72. The van der Waals surface area contributed by atoms with E-state index >= 15 is 0 Å². The highest BCUT2D eigenvalue weighted by atomic mass is 16.5. The van der Waals surface area contributed by atoms with E-state index in [0.29, 0.717) is 11.5 Å². The zero-order chi connectivity index (χ0) is 15.2. The first kappa shape index (κ1) is 14.5. The zero-order valence-corrected chi connectivity index (χ0v) is 11.5. The Bertz CT molecular complexity index is 669. The van der Waals surface area contributed by atoms with Crippen molar-refractivity contribution in [2.24, 2.45) is 5.18 Å². The third kappa shape index (κ3) is 3.36. The van der Waals surface area contributed by atoms with Crippen LogP contribution < -0.4 is 9.47 Å². The number of carbonyl (C=O) groups excluding carboxylic acids is 1. The molecule has 0 saturated carbocycles. The van der Waals surface area contributed by atoms with Gasteiger partial charge in [-0.15, -0.1) is 4.91 Å². The Balaban J connectivity index is 2.40. The lowest BCUT2D eigenvalue weighted by atomic mass is 10.2. The normalized spacial score (nSPS) is 9.81. The molecule has 0 aliphatic carbocycles. The number of benzene rings is 2. The summed E-state index contributed by atoms with van der Waals surface area (Å²) in [5, 5.41) is 2.83. The molecule has 0 atom stereocenters. The van der Waals surface area contributed by atoms with E-state index in [1.54, 1.807) is 36.4 Å². The number of hydrogen-bond acceptors (Lipinski definition) is 6. The molecule has 0 bridgehead atoms. The Morgan fingerprint density at radius 3 is 2.52 bits per heavy atom. The van der Waals surface area contributed by atoms with Gasteiger partial charge < -0.3 is 14.2 Å². The van der Waals surface area contributed by atoms with Crippen LogP contribution in [0.3, 0.4) is 0 Å². The minimum Gasteiger partial charge on any atom is -0.497 e. The molecule has 2 aromatic carbocycles. The van der Waals surface area contributed by atoms with E-state index in [1.807, 2.05) is 0 Å². The third-order valence-corrected chi connectivity index (χ3v) is 2.74. The molecule has 6 heteroatoms. The molecule has 0 saturated heterocycles. The molecule has 6 nitrogen and oxygen atoms in total. The zero-order valence-electron chi connectivity index (χ0n) is 11.5. The van der Waals surface area contributed by atoms with E-state index < -0.39 is 5.97 Å². The summed E-state index contributed by atoms with van der Waals surface area (Å²) in [6.45, 7) is 0. The lowest BCUT2D eigenvalue weighted by Crippen LogP contribution is -2.04. The van der Waals surface area contributed by atoms with Gasteiger partial charge in [0.15, 0.2) is 0 Å². The average Bonchev–Trinajstić information content (AvgIpc) is 2.54. The lowest BCUT2D eigenvalue weighted by molar-refractivity contribution is 0.0598. The van der Waals surface area contributed by atoms with Crippen molar-refractivity contribution in [3.63, 3.8) is 0 Å². The second-order valence-electron chi connectivity index (χ2n) is 4.04. The van der Waals surface area contributed by atoms with Gasteiger partial charge in [-0.2, -0.15) is 0 Å². The van der Waals surface area contributed by atoms with Crippen LogP contribution in [0.2, 0.25) is 0 Å². The van der Waals surface area contributed by atoms with Crippen LogP contribution in [0.5, 0.6) is 17.2 Å². The van der Waals surface area contributed by atoms with E-state index in [4.69, 9.17) is 14.2 Å². The van der Waals surface area contributed by atoms with Crippen molar-refractivity contribution >= 4 is 11.7 Å². The molecule has 0 aromatic heterocycles. The van der Waals surface area contributed by atoms with Crippen molar-refractivity contribution in [2.75, 3.05) is 14.2 Å². The summed E-state index contributed by atoms with van der Waals surface area (Å²) >= 11 is 0. The number of methoxy groups -OCH3 is 2. The largest absolute Gasteiger partial charge is 0.497 e. The van der Waals surface area contributed by atoms with Gasteiger partial charge in [0.2, 0.25) is 0 Å². The molecule has 0 fully saturated rings. The van der Waals surface area contributed by atoms with Gasteiger partial charge in [0.25, 0.3) is 0 Å². The van der Waals surface area contributed by atoms with Crippen LogP contribution in [-0.2, 0) is 4.74 Å². The molecule has 2 rings (SSSR count). The maximum atomic E-state index is 11.7. The second-order valence-corrected chi connectivity index (χ2v) is 4.04. The van der Waals surface area contributed by atoms with Crippen LogP contribution in [0.25, 0.3) is 0 Å². The molecule has 0 spiro atoms. The highest BCUT2D eigenvalue weighted by Crippen LogP contribution is 2.31. The highest BCUT2D eigenvalue weighted by molar-refractivity contribution is 5.92. The van der Waals surface area contributed by atoms with E-state index in [0.717, 1.165) is 0 Å². The van der Waals surface area contributed by atoms with Crippen molar-refractivity contribution in [3.8, 4) is 17.2 Å². The maximum absolute atomic E-state index is 11.7. The van der Waals surface area contributed by atoms with Crippen LogP contribution in [0.1, 0.15) is 10.4 Å². The van der Waals surface area contributed by atoms with Crippen molar-refractivity contribution < 1.29 is 19.0 Å². The van der Waals surface area contributed by atoms with Gasteiger partial charge in [-0.1, -0.05) is 6.07 Å². The van der Waals surface area contributed by atoms with Gasteiger partial charge in [0.1, 0.15) is 28.5 Å². The van der Waals surface area contributed by atoms with Gasteiger partial charge in [-0.05, 0) is 29.4 Å².